The molecule has 0 unspecified atom stereocenters. The first kappa shape index (κ1) is 10.5. The van der Waals surface area contributed by atoms with Crippen LogP contribution in [0.5, 0.6) is 0 Å². The smallest absolute Gasteiger partial charge is 0.291 e. The fourth-order valence-electron chi connectivity index (χ4n) is 1.91. The largest absolute Gasteiger partial charge is 0.349 e. The molecule has 3 heterocycles. The number of halogens is 2. The van der Waals surface area contributed by atoms with Crippen LogP contribution in [0.4, 0.5) is 0 Å². The Labute approximate surface area is 109 Å². The standard InChI is InChI=1S/C10H6BrClN2OS/c11-7-3-5-1-2-14-6(9(5)16-7)4-8(12)13-10(14)15/h3-4H,1-2H2. The molecule has 0 atom stereocenters. The maximum atomic E-state index is 11.7. The lowest BCUT2D eigenvalue weighted by Gasteiger charge is -2.17. The van der Waals surface area contributed by atoms with Crippen LogP contribution in [0.25, 0.3) is 10.6 Å². The Balaban J connectivity index is 2.35. The van der Waals surface area contributed by atoms with Crippen LogP contribution >= 0.6 is 38.9 Å². The van der Waals surface area contributed by atoms with E-state index in [-0.39, 0.29) is 10.8 Å². The lowest BCUT2D eigenvalue weighted by Crippen LogP contribution is -2.27. The van der Waals surface area contributed by atoms with E-state index >= 15 is 0 Å². The zero-order valence-electron chi connectivity index (χ0n) is 8.04. The summed E-state index contributed by atoms with van der Waals surface area (Å²) in [7, 11) is 0. The monoisotopic (exact) mass is 316 g/mol. The quantitative estimate of drug-likeness (QED) is 0.700. The molecule has 2 aromatic heterocycles. The summed E-state index contributed by atoms with van der Waals surface area (Å²) in [6.45, 7) is 0.675. The Bertz CT molecular complexity index is 634. The number of nitrogens with zero attached hydrogens (tertiary/aromatic N) is 2. The summed E-state index contributed by atoms with van der Waals surface area (Å²) in [5, 5.41) is 0.258. The van der Waals surface area contributed by atoms with Gasteiger partial charge in [0.1, 0.15) is 5.15 Å². The second-order valence-electron chi connectivity index (χ2n) is 3.55. The van der Waals surface area contributed by atoms with Crippen molar-refractivity contribution in [3.05, 3.63) is 37.1 Å². The van der Waals surface area contributed by atoms with Crippen molar-refractivity contribution >= 4 is 38.9 Å². The van der Waals surface area contributed by atoms with Crippen LogP contribution in [-0.2, 0) is 13.0 Å². The van der Waals surface area contributed by atoms with E-state index in [0.717, 1.165) is 20.8 Å². The van der Waals surface area contributed by atoms with Gasteiger partial charge in [0.15, 0.2) is 0 Å². The number of hydrogen-bond acceptors (Lipinski definition) is 3. The third-order valence-electron chi connectivity index (χ3n) is 2.60. The highest BCUT2D eigenvalue weighted by Crippen LogP contribution is 2.38. The van der Waals surface area contributed by atoms with Gasteiger partial charge in [0.25, 0.3) is 0 Å². The predicted molar refractivity (Wildman–Crippen MR) is 68.2 cm³/mol. The average Bonchev–Trinajstić information content (AvgIpc) is 2.58. The van der Waals surface area contributed by atoms with Gasteiger partial charge < -0.3 is 0 Å². The molecule has 6 heteroatoms. The van der Waals surface area contributed by atoms with Gasteiger partial charge in [0.05, 0.1) is 14.4 Å². The zero-order valence-corrected chi connectivity index (χ0v) is 11.2. The minimum absolute atomic E-state index is 0.258. The Hall–Kier alpha value is -0.650. The third kappa shape index (κ3) is 1.54. The average molecular weight is 318 g/mol. The Morgan fingerprint density at radius 1 is 1.50 bits per heavy atom. The van der Waals surface area contributed by atoms with Gasteiger partial charge in [0, 0.05) is 12.6 Å². The molecule has 1 aliphatic rings. The van der Waals surface area contributed by atoms with Crippen molar-refractivity contribution in [3.63, 3.8) is 0 Å². The molecule has 0 fully saturated rings. The van der Waals surface area contributed by atoms with E-state index in [1.54, 1.807) is 22.0 Å². The summed E-state index contributed by atoms with van der Waals surface area (Å²) in [6.07, 6.45) is 0.869. The third-order valence-corrected chi connectivity index (χ3v) is 4.49. The van der Waals surface area contributed by atoms with Gasteiger partial charge in [0.2, 0.25) is 0 Å². The molecule has 1 aliphatic heterocycles. The molecule has 0 saturated carbocycles. The highest BCUT2D eigenvalue weighted by atomic mass is 79.9. The van der Waals surface area contributed by atoms with Crippen molar-refractivity contribution in [2.24, 2.45) is 0 Å². The van der Waals surface area contributed by atoms with E-state index in [9.17, 15) is 4.79 Å². The maximum Gasteiger partial charge on any atom is 0.349 e. The van der Waals surface area contributed by atoms with Gasteiger partial charge in [-0.2, -0.15) is 4.98 Å². The van der Waals surface area contributed by atoms with Crippen LogP contribution in [0.1, 0.15) is 5.56 Å². The summed E-state index contributed by atoms with van der Waals surface area (Å²) in [5.74, 6) is 0. The molecule has 0 amide bonds. The first-order chi connectivity index (χ1) is 7.65. The predicted octanol–water partition coefficient (Wildman–Crippen LogP) is 2.94. The molecule has 0 aromatic carbocycles. The van der Waals surface area contributed by atoms with Gasteiger partial charge in [-0.1, -0.05) is 11.6 Å². The molecule has 0 radical (unpaired) electrons. The van der Waals surface area contributed by atoms with Crippen molar-refractivity contribution in [1.82, 2.24) is 9.55 Å². The second-order valence-corrected chi connectivity index (χ2v) is 6.37. The normalized spacial score (nSPS) is 13.4. The van der Waals surface area contributed by atoms with E-state index in [4.69, 9.17) is 11.6 Å². The molecule has 0 N–H and O–H groups in total. The van der Waals surface area contributed by atoms with Crippen LogP contribution in [0, 0.1) is 0 Å². The minimum atomic E-state index is -0.266. The Morgan fingerprint density at radius 3 is 3.12 bits per heavy atom. The van der Waals surface area contributed by atoms with E-state index in [2.05, 4.69) is 27.0 Å². The Kier molecular flexibility index (Phi) is 2.42. The van der Waals surface area contributed by atoms with Crippen molar-refractivity contribution in [2.45, 2.75) is 13.0 Å². The van der Waals surface area contributed by atoms with Gasteiger partial charge in [-0.15, -0.1) is 11.3 Å². The van der Waals surface area contributed by atoms with Gasteiger partial charge in [-0.3, -0.25) is 4.57 Å². The van der Waals surface area contributed by atoms with E-state index in [0.29, 0.717) is 6.54 Å². The maximum absolute atomic E-state index is 11.7. The SMILES string of the molecule is O=c1nc(Cl)cc2n1CCc1cc(Br)sc1-2. The summed E-state index contributed by atoms with van der Waals surface area (Å²) >= 11 is 10.9. The number of thiophene rings is 1. The van der Waals surface area contributed by atoms with Crippen LogP contribution in [0.2, 0.25) is 5.15 Å². The van der Waals surface area contributed by atoms with Gasteiger partial charge in [-0.05, 0) is 34.0 Å². The second kappa shape index (κ2) is 3.68. The summed E-state index contributed by atoms with van der Waals surface area (Å²) < 4.78 is 2.75. The number of rotatable bonds is 0. The molecule has 16 heavy (non-hydrogen) atoms. The molecule has 3 nitrogen and oxygen atoms in total. The van der Waals surface area contributed by atoms with E-state index < -0.39 is 0 Å². The van der Waals surface area contributed by atoms with Crippen LogP contribution in [0.3, 0.4) is 0 Å². The van der Waals surface area contributed by atoms with Crippen LogP contribution in [-0.4, -0.2) is 9.55 Å². The van der Waals surface area contributed by atoms with Crippen molar-refractivity contribution < 1.29 is 0 Å². The lowest BCUT2D eigenvalue weighted by molar-refractivity contribution is 0.643. The molecular formula is C10H6BrClN2OS. The first-order valence-electron chi connectivity index (χ1n) is 4.71. The molecule has 3 rings (SSSR count). The van der Waals surface area contributed by atoms with Crippen molar-refractivity contribution in [3.8, 4) is 10.6 Å². The summed E-state index contributed by atoms with van der Waals surface area (Å²) in [5.41, 5.74) is 1.87. The first-order valence-corrected chi connectivity index (χ1v) is 6.70. The van der Waals surface area contributed by atoms with Gasteiger partial charge in [-0.25, -0.2) is 4.79 Å². The fourth-order valence-corrected chi connectivity index (χ4v) is 3.81. The van der Waals surface area contributed by atoms with Gasteiger partial charge >= 0.3 is 5.69 Å². The van der Waals surface area contributed by atoms with E-state index in [1.165, 1.54) is 5.56 Å². The number of hydrogen-bond donors (Lipinski definition) is 0. The highest BCUT2D eigenvalue weighted by molar-refractivity contribution is 9.11. The van der Waals surface area contributed by atoms with Crippen molar-refractivity contribution in [1.29, 1.82) is 0 Å². The van der Waals surface area contributed by atoms with E-state index in [1.807, 2.05) is 0 Å². The number of aromatic nitrogens is 2. The minimum Gasteiger partial charge on any atom is -0.291 e. The summed E-state index contributed by atoms with van der Waals surface area (Å²) in [4.78, 5) is 16.5. The highest BCUT2D eigenvalue weighted by Gasteiger charge is 2.20. The Morgan fingerprint density at radius 2 is 2.31 bits per heavy atom. The molecule has 2 aromatic rings. The molecule has 0 aliphatic carbocycles. The topological polar surface area (TPSA) is 34.9 Å². The van der Waals surface area contributed by atoms with Crippen LogP contribution in [0.15, 0.2) is 20.7 Å². The van der Waals surface area contributed by atoms with Crippen LogP contribution < -0.4 is 5.69 Å². The van der Waals surface area contributed by atoms with Crippen molar-refractivity contribution in [2.75, 3.05) is 0 Å². The molecule has 0 saturated heterocycles. The molecular weight excluding hydrogens is 312 g/mol. The number of fused-ring (bicyclic) bond motifs is 3. The number of aryl methyl sites for hydroxylation is 1. The molecule has 82 valence electrons. The fraction of sp³-hybridized carbons (Fsp3) is 0.200. The molecule has 0 bridgehead atoms. The lowest BCUT2D eigenvalue weighted by atomic mass is 10.1. The summed E-state index contributed by atoms with van der Waals surface area (Å²) in [6, 6.07) is 3.85. The zero-order chi connectivity index (χ0) is 11.3. The molecule has 0 spiro atoms.